The minimum absolute atomic E-state index is 0.171. The molecule has 0 atom stereocenters. The van der Waals surface area contributed by atoms with Gasteiger partial charge in [0.05, 0.1) is 12.2 Å². The van der Waals surface area contributed by atoms with Crippen LogP contribution in [0.5, 0.6) is 0 Å². The smallest absolute Gasteiger partial charge is 0.338 e. The minimum Gasteiger partial charge on any atom is -0.465 e. The van der Waals surface area contributed by atoms with Gasteiger partial charge in [-0.2, -0.15) is 0 Å². The predicted molar refractivity (Wildman–Crippen MR) is 71.0 cm³/mol. The van der Waals surface area contributed by atoms with Crippen molar-refractivity contribution in [3.63, 3.8) is 0 Å². The fourth-order valence-corrected chi connectivity index (χ4v) is 1.38. The highest BCUT2D eigenvalue weighted by atomic mass is 16.5. The molecule has 0 aliphatic carbocycles. The second kappa shape index (κ2) is 7.93. The normalized spacial score (nSPS) is 9.70. The molecule has 1 amide bonds. The van der Waals surface area contributed by atoms with E-state index in [2.05, 4.69) is 0 Å². The fourth-order valence-electron chi connectivity index (χ4n) is 1.38. The van der Waals surface area contributed by atoms with Gasteiger partial charge < -0.3 is 14.4 Å². The molecule has 108 valence electrons. The van der Waals surface area contributed by atoms with Crippen LogP contribution in [0.2, 0.25) is 0 Å². The zero-order valence-corrected chi connectivity index (χ0v) is 11.5. The van der Waals surface area contributed by atoms with Crippen LogP contribution in [0.3, 0.4) is 0 Å². The Kier molecular flexibility index (Phi) is 6.22. The molecule has 0 heterocycles. The second-order valence-electron chi connectivity index (χ2n) is 4.00. The molecule has 6 nitrogen and oxygen atoms in total. The van der Waals surface area contributed by atoms with Crippen molar-refractivity contribution in [2.45, 2.75) is 6.92 Å². The third-order valence-corrected chi connectivity index (χ3v) is 2.43. The monoisotopic (exact) mass is 279 g/mol. The fraction of sp³-hybridized carbons (Fsp3) is 0.357. The summed E-state index contributed by atoms with van der Waals surface area (Å²) in [5.41, 5.74) is 0.369. The number of likely N-dealkylation sites (N-methyl/N-ethyl adjacent to an activating group) is 1. The first-order chi connectivity index (χ1) is 9.54. The summed E-state index contributed by atoms with van der Waals surface area (Å²) in [6.45, 7) is 1.35. The van der Waals surface area contributed by atoms with E-state index in [9.17, 15) is 14.4 Å². The van der Waals surface area contributed by atoms with Gasteiger partial charge in [-0.3, -0.25) is 9.59 Å². The van der Waals surface area contributed by atoms with Crippen LogP contribution in [-0.4, -0.2) is 49.6 Å². The molecule has 0 fully saturated rings. The van der Waals surface area contributed by atoms with E-state index >= 15 is 0 Å². The molecular formula is C14H17NO5. The highest BCUT2D eigenvalue weighted by molar-refractivity contribution is 5.91. The predicted octanol–water partition coefficient (Wildman–Crippen LogP) is 0.865. The van der Waals surface area contributed by atoms with E-state index in [1.807, 2.05) is 0 Å². The number of carbonyl (C=O) groups excluding carboxylic acids is 3. The molecule has 0 saturated carbocycles. The van der Waals surface area contributed by atoms with Gasteiger partial charge in [-0.1, -0.05) is 18.2 Å². The topological polar surface area (TPSA) is 72.9 Å². The molecule has 1 rings (SSSR count). The van der Waals surface area contributed by atoms with Crippen LogP contribution in [0.1, 0.15) is 17.3 Å². The van der Waals surface area contributed by atoms with Crippen molar-refractivity contribution in [3.8, 4) is 0 Å². The van der Waals surface area contributed by atoms with Gasteiger partial charge in [-0.25, -0.2) is 4.79 Å². The van der Waals surface area contributed by atoms with Crippen molar-refractivity contribution >= 4 is 17.8 Å². The van der Waals surface area contributed by atoms with E-state index in [1.54, 1.807) is 37.3 Å². The van der Waals surface area contributed by atoms with Crippen molar-refractivity contribution in [1.29, 1.82) is 0 Å². The lowest BCUT2D eigenvalue weighted by atomic mass is 10.2. The zero-order chi connectivity index (χ0) is 15.0. The molecule has 0 saturated heterocycles. The average Bonchev–Trinajstić information content (AvgIpc) is 2.45. The summed E-state index contributed by atoms with van der Waals surface area (Å²) in [6.07, 6.45) is 0. The molecule has 6 heteroatoms. The number of hydrogen-bond acceptors (Lipinski definition) is 5. The van der Waals surface area contributed by atoms with Gasteiger partial charge >= 0.3 is 11.9 Å². The first-order valence-electron chi connectivity index (χ1n) is 6.16. The number of esters is 2. The third-order valence-electron chi connectivity index (χ3n) is 2.43. The van der Waals surface area contributed by atoms with Gasteiger partial charge in [0.1, 0.15) is 6.54 Å². The third kappa shape index (κ3) is 5.09. The van der Waals surface area contributed by atoms with E-state index < -0.39 is 24.5 Å². The number of rotatable bonds is 6. The number of hydrogen-bond donors (Lipinski definition) is 0. The Balaban J connectivity index is 2.39. The molecule has 0 unspecified atom stereocenters. The standard InChI is InChI=1S/C14H17NO5/c1-3-19-13(17)9-15(2)12(16)10-20-14(18)11-7-5-4-6-8-11/h4-8H,3,9-10H2,1-2H3. The zero-order valence-electron chi connectivity index (χ0n) is 11.5. The van der Waals surface area contributed by atoms with E-state index in [0.717, 1.165) is 4.90 Å². The SMILES string of the molecule is CCOC(=O)CN(C)C(=O)COC(=O)c1ccccc1. The minimum atomic E-state index is -0.580. The van der Waals surface area contributed by atoms with Crippen molar-refractivity contribution in [3.05, 3.63) is 35.9 Å². The van der Waals surface area contributed by atoms with Crippen LogP contribution in [0, 0.1) is 0 Å². The lowest BCUT2D eigenvalue weighted by Gasteiger charge is -2.15. The molecule has 0 radical (unpaired) electrons. The maximum absolute atomic E-state index is 11.7. The quantitative estimate of drug-likeness (QED) is 0.722. The Morgan fingerprint density at radius 3 is 2.35 bits per heavy atom. The van der Waals surface area contributed by atoms with Crippen LogP contribution in [0.25, 0.3) is 0 Å². The van der Waals surface area contributed by atoms with Crippen LogP contribution in [-0.2, 0) is 19.1 Å². The summed E-state index contributed by atoms with van der Waals surface area (Å²) in [4.78, 5) is 35.6. The first kappa shape index (κ1) is 15.7. The summed E-state index contributed by atoms with van der Waals surface area (Å²) < 4.78 is 9.59. The lowest BCUT2D eigenvalue weighted by Crippen LogP contribution is -2.36. The Bertz CT molecular complexity index is 472. The van der Waals surface area contributed by atoms with Crippen LogP contribution in [0.4, 0.5) is 0 Å². The van der Waals surface area contributed by atoms with Crippen LogP contribution >= 0.6 is 0 Å². The molecular weight excluding hydrogens is 262 g/mol. The Morgan fingerprint density at radius 2 is 1.75 bits per heavy atom. The van der Waals surface area contributed by atoms with E-state index in [1.165, 1.54) is 7.05 Å². The van der Waals surface area contributed by atoms with Gasteiger partial charge in [0, 0.05) is 7.05 Å². The Morgan fingerprint density at radius 1 is 1.10 bits per heavy atom. The molecule has 0 aromatic heterocycles. The van der Waals surface area contributed by atoms with E-state index in [4.69, 9.17) is 9.47 Å². The first-order valence-corrected chi connectivity index (χ1v) is 6.16. The maximum Gasteiger partial charge on any atom is 0.338 e. The second-order valence-corrected chi connectivity index (χ2v) is 4.00. The van der Waals surface area contributed by atoms with E-state index in [0.29, 0.717) is 5.56 Å². The Hall–Kier alpha value is -2.37. The highest BCUT2D eigenvalue weighted by Crippen LogP contribution is 2.01. The number of benzene rings is 1. The van der Waals surface area contributed by atoms with Crippen molar-refractivity contribution in [1.82, 2.24) is 4.90 Å². The molecule has 0 N–H and O–H groups in total. The summed E-state index contributed by atoms with van der Waals surface area (Å²) in [6, 6.07) is 8.36. The maximum atomic E-state index is 11.7. The van der Waals surface area contributed by atoms with Crippen molar-refractivity contribution < 1.29 is 23.9 Å². The van der Waals surface area contributed by atoms with Gasteiger partial charge in [0.25, 0.3) is 5.91 Å². The molecule has 1 aromatic carbocycles. The van der Waals surface area contributed by atoms with E-state index in [-0.39, 0.29) is 13.2 Å². The summed E-state index contributed by atoms with van der Waals surface area (Å²) >= 11 is 0. The Labute approximate surface area is 117 Å². The van der Waals surface area contributed by atoms with Crippen molar-refractivity contribution in [2.75, 3.05) is 26.8 Å². The molecule has 1 aromatic rings. The van der Waals surface area contributed by atoms with Gasteiger partial charge in [-0.05, 0) is 19.1 Å². The molecule has 0 spiro atoms. The van der Waals surface area contributed by atoms with Crippen molar-refractivity contribution in [2.24, 2.45) is 0 Å². The lowest BCUT2D eigenvalue weighted by molar-refractivity contribution is -0.148. The molecule has 0 bridgehead atoms. The number of nitrogens with zero attached hydrogens (tertiary/aromatic N) is 1. The summed E-state index contributed by atoms with van der Waals surface area (Å²) in [7, 11) is 1.44. The largest absolute Gasteiger partial charge is 0.465 e. The highest BCUT2D eigenvalue weighted by Gasteiger charge is 2.16. The summed E-state index contributed by atoms with van der Waals surface area (Å²) in [5, 5.41) is 0. The molecule has 20 heavy (non-hydrogen) atoms. The number of amides is 1. The average molecular weight is 279 g/mol. The number of ether oxygens (including phenoxy) is 2. The van der Waals surface area contributed by atoms with Gasteiger partial charge in [-0.15, -0.1) is 0 Å². The number of carbonyl (C=O) groups is 3. The van der Waals surface area contributed by atoms with Gasteiger partial charge in [0.15, 0.2) is 6.61 Å². The van der Waals surface area contributed by atoms with Crippen LogP contribution < -0.4 is 0 Å². The molecule has 0 aliphatic rings. The molecule has 0 aliphatic heterocycles. The van der Waals surface area contributed by atoms with Gasteiger partial charge in [0.2, 0.25) is 0 Å². The van der Waals surface area contributed by atoms with Crippen LogP contribution in [0.15, 0.2) is 30.3 Å². The summed E-state index contributed by atoms with van der Waals surface area (Å²) in [5.74, 6) is -1.55.